The van der Waals surface area contributed by atoms with E-state index < -0.39 is 10.0 Å². The van der Waals surface area contributed by atoms with Gasteiger partial charge in [-0.3, -0.25) is 5.10 Å². The molecule has 0 unspecified atom stereocenters. The van der Waals surface area contributed by atoms with Crippen LogP contribution in [0.2, 0.25) is 0 Å². The van der Waals surface area contributed by atoms with E-state index in [0.29, 0.717) is 11.5 Å². The first-order valence-electron chi connectivity index (χ1n) is 7.79. The molecule has 2 N–H and O–H groups in total. The van der Waals surface area contributed by atoms with E-state index >= 15 is 0 Å². The number of hydrogen-bond donors (Lipinski definition) is 2. The summed E-state index contributed by atoms with van der Waals surface area (Å²) in [5, 5.41) is 6.40. The molecule has 3 heterocycles. The molecular weight excluding hydrogens is 354 g/mol. The second-order valence-electron chi connectivity index (χ2n) is 5.51. The quantitative estimate of drug-likeness (QED) is 0.543. The number of aromatic nitrogens is 4. The van der Waals surface area contributed by atoms with Crippen molar-refractivity contribution in [2.75, 3.05) is 0 Å². The Bertz CT molecular complexity index is 1100. The molecule has 0 amide bonds. The van der Waals surface area contributed by atoms with Gasteiger partial charge in [0.25, 0.3) is 10.0 Å². The minimum Gasteiger partial charge on any atom is -0.442 e. The first-order valence-corrected chi connectivity index (χ1v) is 9.27. The van der Waals surface area contributed by atoms with Gasteiger partial charge in [0, 0.05) is 25.1 Å². The molecule has 26 heavy (non-hydrogen) atoms. The maximum atomic E-state index is 12.5. The van der Waals surface area contributed by atoms with Gasteiger partial charge in [-0.05, 0) is 29.8 Å². The van der Waals surface area contributed by atoms with Gasteiger partial charge in [-0.15, -0.1) is 0 Å². The van der Waals surface area contributed by atoms with E-state index in [1.165, 1.54) is 6.07 Å². The summed E-state index contributed by atoms with van der Waals surface area (Å²) in [6.45, 7) is 0.122. The maximum Gasteiger partial charge on any atom is 0.274 e. The molecule has 8 nitrogen and oxygen atoms in total. The van der Waals surface area contributed by atoms with Crippen LogP contribution in [0.1, 0.15) is 5.56 Å². The zero-order valence-corrected chi connectivity index (χ0v) is 14.3. The van der Waals surface area contributed by atoms with Crippen molar-refractivity contribution >= 4 is 10.0 Å². The summed E-state index contributed by atoms with van der Waals surface area (Å²) in [6, 6.07) is 12.2. The van der Waals surface area contributed by atoms with Gasteiger partial charge in [0.15, 0.2) is 5.76 Å². The fourth-order valence-electron chi connectivity index (χ4n) is 2.56. The van der Waals surface area contributed by atoms with Crippen molar-refractivity contribution in [3.05, 3.63) is 72.9 Å². The molecule has 0 spiro atoms. The summed E-state index contributed by atoms with van der Waals surface area (Å²) in [6.07, 6.45) is 6.70. The third-order valence-corrected chi connectivity index (χ3v) is 5.11. The first kappa shape index (κ1) is 16.3. The highest BCUT2D eigenvalue weighted by atomic mass is 32.2. The molecule has 0 bridgehead atoms. The number of furan rings is 1. The van der Waals surface area contributed by atoms with Crippen molar-refractivity contribution in [1.29, 1.82) is 0 Å². The van der Waals surface area contributed by atoms with Crippen molar-refractivity contribution in [3.63, 3.8) is 0 Å². The number of imidazole rings is 1. The number of rotatable bonds is 6. The Balaban J connectivity index is 1.55. The molecule has 0 aliphatic heterocycles. The SMILES string of the molecule is O=S(=O)(NCc1ccccc1-n1ccnc1)c1ccc(-c2ccn[nH]2)o1. The van der Waals surface area contributed by atoms with Gasteiger partial charge in [0.2, 0.25) is 5.09 Å². The second-order valence-corrected chi connectivity index (χ2v) is 7.21. The Hall–Kier alpha value is -3.17. The normalized spacial score (nSPS) is 11.7. The predicted octanol–water partition coefficient (Wildman–Crippen LogP) is 2.33. The Kier molecular flexibility index (Phi) is 4.15. The average molecular weight is 369 g/mol. The lowest BCUT2D eigenvalue weighted by Crippen LogP contribution is -2.23. The summed E-state index contributed by atoms with van der Waals surface area (Å²) >= 11 is 0. The third kappa shape index (κ3) is 3.17. The molecule has 0 saturated carbocycles. The number of nitrogens with one attached hydrogen (secondary N) is 2. The van der Waals surface area contributed by atoms with Crippen molar-refractivity contribution in [1.82, 2.24) is 24.5 Å². The van der Waals surface area contributed by atoms with Crippen LogP contribution in [-0.4, -0.2) is 28.2 Å². The topological polar surface area (TPSA) is 106 Å². The molecule has 9 heteroatoms. The molecule has 0 aliphatic rings. The Labute approximate surface area is 149 Å². The van der Waals surface area contributed by atoms with Gasteiger partial charge in [0.1, 0.15) is 5.69 Å². The lowest BCUT2D eigenvalue weighted by molar-refractivity contribution is 0.455. The van der Waals surface area contributed by atoms with Crippen LogP contribution in [-0.2, 0) is 16.6 Å². The van der Waals surface area contributed by atoms with Crippen molar-refractivity contribution in [3.8, 4) is 17.1 Å². The van der Waals surface area contributed by atoms with Gasteiger partial charge in [0.05, 0.1) is 12.0 Å². The van der Waals surface area contributed by atoms with Crippen LogP contribution in [0, 0.1) is 0 Å². The predicted molar refractivity (Wildman–Crippen MR) is 93.9 cm³/mol. The van der Waals surface area contributed by atoms with Crippen LogP contribution in [0.25, 0.3) is 17.1 Å². The average Bonchev–Trinajstić information content (AvgIpc) is 3.42. The molecule has 4 aromatic rings. The number of sulfonamides is 1. The molecule has 132 valence electrons. The Morgan fingerprint density at radius 2 is 2.00 bits per heavy atom. The largest absolute Gasteiger partial charge is 0.442 e. The number of hydrogen-bond acceptors (Lipinski definition) is 5. The van der Waals surface area contributed by atoms with E-state index in [4.69, 9.17) is 4.42 Å². The molecule has 1 aromatic carbocycles. The monoisotopic (exact) mass is 369 g/mol. The van der Waals surface area contributed by atoms with E-state index in [0.717, 1.165) is 11.3 Å². The van der Waals surface area contributed by atoms with Gasteiger partial charge >= 0.3 is 0 Å². The lowest BCUT2D eigenvalue weighted by Gasteiger charge is -2.10. The van der Waals surface area contributed by atoms with Crippen LogP contribution in [0.3, 0.4) is 0 Å². The maximum absolute atomic E-state index is 12.5. The minimum atomic E-state index is -3.79. The number of nitrogens with zero attached hydrogens (tertiary/aromatic N) is 3. The molecule has 0 radical (unpaired) electrons. The molecular formula is C17H15N5O3S. The van der Waals surface area contributed by atoms with Gasteiger partial charge in [-0.1, -0.05) is 18.2 Å². The number of H-pyrrole nitrogens is 1. The number of benzene rings is 1. The van der Waals surface area contributed by atoms with Gasteiger partial charge in [-0.25, -0.2) is 18.1 Å². The molecule has 3 aromatic heterocycles. The molecule has 0 saturated heterocycles. The van der Waals surface area contributed by atoms with E-state index in [1.807, 2.05) is 28.8 Å². The molecule has 4 rings (SSSR count). The van der Waals surface area contributed by atoms with E-state index in [9.17, 15) is 8.42 Å². The Morgan fingerprint density at radius 1 is 1.12 bits per heavy atom. The standard InChI is InChI=1S/C17H15N5O3S/c23-26(24,17-6-5-16(25-17)14-7-8-19-21-14)20-11-13-3-1-2-4-15(13)22-10-9-18-12-22/h1-10,12,20H,11H2,(H,19,21). The van der Waals surface area contributed by atoms with Crippen LogP contribution in [0.5, 0.6) is 0 Å². The third-order valence-electron chi connectivity index (χ3n) is 3.84. The first-order chi connectivity index (χ1) is 12.6. The highest BCUT2D eigenvalue weighted by Crippen LogP contribution is 2.23. The summed E-state index contributed by atoms with van der Waals surface area (Å²) in [7, 11) is -3.79. The number of para-hydroxylation sites is 1. The van der Waals surface area contributed by atoms with Crippen molar-refractivity contribution in [2.45, 2.75) is 11.6 Å². The van der Waals surface area contributed by atoms with Gasteiger partial charge in [-0.2, -0.15) is 5.10 Å². The van der Waals surface area contributed by atoms with Crippen LogP contribution in [0.4, 0.5) is 0 Å². The zero-order chi connectivity index (χ0) is 18.0. The Morgan fingerprint density at radius 3 is 2.77 bits per heavy atom. The van der Waals surface area contributed by atoms with Crippen LogP contribution >= 0.6 is 0 Å². The number of aromatic amines is 1. The molecule has 0 fully saturated rings. The smallest absolute Gasteiger partial charge is 0.274 e. The molecule has 0 atom stereocenters. The van der Waals surface area contributed by atoms with E-state index in [-0.39, 0.29) is 11.6 Å². The highest BCUT2D eigenvalue weighted by Gasteiger charge is 2.20. The minimum absolute atomic E-state index is 0.122. The zero-order valence-electron chi connectivity index (χ0n) is 13.5. The fraction of sp³-hybridized carbons (Fsp3) is 0.0588. The summed E-state index contributed by atoms with van der Waals surface area (Å²) in [5.74, 6) is 0.404. The molecule has 0 aliphatic carbocycles. The van der Waals surface area contributed by atoms with Crippen LogP contribution in [0.15, 0.2) is 76.9 Å². The highest BCUT2D eigenvalue weighted by molar-refractivity contribution is 7.89. The second kappa shape index (κ2) is 6.62. The summed E-state index contributed by atoms with van der Waals surface area (Å²) in [4.78, 5) is 4.02. The summed E-state index contributed by atoms with van der Waals surface area (Å²) < 4.78 is 34.9. The van der Waals surface area contributed by atoms with Gasteiger partial charge < -0.3 is 8.98 Å². The lowest BCUT2D eigenvalue weighted by atomic mass is 10.2. The van der Waals surface area contributed by atoms with E-state index in [2.05, 4.69) is 19.9 Å². The fourth-order valence-corrected chi connectivity index (χ4v) is 3.49. The van der Waals surface area contributed by atoms with Crippen molar-refractivity contribution < 1.29 is 12.8 Å². The van der Waals surface area contributed by atoms with Crippen molar-refractivity contribution in [2.24, 2.45) is 0 Å². The van der Waals surface area contributed by atoms with Crippen LogP contribution < -0.4 is 4.72 Å². The van der Waals surface area contributed by atoms with E-state index in [1.54, 1.807) is 37.1 Å². The summed E-state index contributed by atoms with van der Waals surface area (Å²) in [5.41, 5.74) is 2.27.